The highest BCUT2D eigenvalue weighted by Crippen LogP contribution is 2.24. The lowest BCUT2D eigenvalue weighted by molar-refractivity contribution is -0.113. The Kier molecular flexibility index (Phi) is 7.51. The Morgan fingerprint density at radius 3 is 2.50 bits per heavy atom. The van der Waals surface area contributed by atoms with Crippen molar-refractivity contribution in [2.24, 2.45) is 5.92 Å². The predicted molar refractivity (Wildman–Crippen MR) is 99.8 cm³/mol. The van der Waals surface area contributed by atoms with Crippen LogP contribution in [0, 0.1) is 12.8 Å². The van der Waals surface area contributed by atoms with Crippen LogP contribution in [0.3, 0.4) is 0 Å². The van der Waals surface area contributed by atoms with Gasteiger partial charge in [-0.15, -0.1) is 12.4 Å². The molecule has 1 saturated carbocycles. The van der Waals surface area contributed by atoms with E-state index in [0.717, 1.165) is 31.2 Å². The molecule has 0 bridgehead atoms. The number of halogens is 1. The van der Waals surface area contributed by atoms with Crippen molar-refractivity contribution in [3.05, 3.63) is 23.8 Å². The lowest BCUT2D eigenvalue weighted by Crippen LogP contribution is -2.41. The largest absolute Gasteiger partial charge is 0.399 e. The summed E-state index contributed by atoms with van der Waals surface area (Å²) in [5.41, 5.74) is 7.57. The molecule has 0 unspecified atom stereocenters. The Balaban J connectivity index is 0.00000288. The van der Waals surface area contributed by atoms with E-state index in [4.69, 9.17) is 5.73 Å². The molecule has 8 heteroatoms. The Hall–Kier alpha value is -1.31. The highest BCUT2D eigenvalue weighted by molar-refractivity contribution is 7.90. The topological polar surface area (TPSA) is 101 Å². The summed E-state index contributed by atoms with van der Waals surface area (Å²) in [4.78, 5) is 12.0. The maximum atomic E-state index is 12.1. The number of aryl methyl sites for hydroxylation is 1. The molecule has 0 atom stereocenters. The van der Waals surface area contributed by atoms with Crippen molar-refractivity contribution in [1.29, 1.82) is 0 Å². The molecule has 136 valence electrons. The van der Waals surface area contributed by atoms with Crippen molar-refractivity contribution in [3.8, 4) is 0 Å². The summed E-state index contributed by atoms with van der Waals surface area (Å²) in [6.07, 6.45) is 3.69. The maximum absolute atomic E-state index is 12.1. The number of sulfonamides is 1. The van der Waals surface area contributed by atoms with E-state index in [1.54, 1.807) is 18.2 Å². The van der Waals surface area contributed by atoms with Gasteiger partial charge in [0.2, 0.25) is 15.9 Å². The fraction of sp³-hybridized carbons (Fsp3) is 0.562. The van der Waals surface area contributed by atoms with Crippen molar-refractivity contribution in [2.75, 3.05) is 16.8 Å². The second-order valence-corrected chi connectivity index (χ2v) is 8.21. The molecule has 0 spiro atoms. The van der Waals surface area contributed by atoms with Crippen LogP contribution in [0.25, 0.3) is 0 Å². The Bertz CT molecular complexity index is 671. The normalized spacial score (nSPS) is 20.9. The van der Waals surface area contributed by atoms with Crippen LogP contribution in [0.15, 0.2) is 18.2 Å². The van der Waals surface area contributed by atoms with Gasteiger partial charge in [-0.1, -0.05) is 13.0 Å². The molecule has 2 rings (SSSR count). The molecule has 24 heavy (non-hydrogen) atoms. The molecule has 0 radical (unpaired) electrons. The molecule has 1 aromatic rings. The van der Waals surface area contributed by atoms with Crippen molar-refractivity contribution in [2.45, 2.75) is 45.6 Å². The van der Waals surface area contributed by atoms with Gasteiger partial charge in [0, 0.05) is 17.4 Å². The SMILES string of the molecule is Cc1ccc(N)cc1NC(=O)CS(=O)(=O)NC1CCC(C)CC1.Cl. The molecule has 1 fully saturated rings. The molecule has 1 amide bonds. The van der Waals surface area contributed by atoms with Crippen LogP contribution in [0.2, 0.25) is 0 Å². The van der Waals surface area contributed by atoms with Crippen LogP contribution >= 0.6 is 12.4 Å². The van der Waals surface area contributed by atoms with E-state index in [1.807, 2.05) is 6.92 Å². The molecule has 0 aliphatic heterocycles. The number of hydrogen-bond donors (Lipinski definition) is 3. The summed E-state index contributed by atoms with van der Waals surface area (Å²) in [5, 5.41) is 2.61. The summed E-state index contributed by atoms with van der Waals surface area (Å²) < 4.78 is 26.9. The minimum absolute atomic E-state index is 0. The Morgan fingerprint density at radius 1 is 1.25 bits per heavy atom. The first kappa shape index (κ1) is 20.7. The van der Waals surface area contributed by atoms with E-state index in [2.05, 4.69) is 17.0 Å². The quantitative estimate of drug-likeness (QED) is 0.688. The van der Waals surface area contributed by atoms with Crippen LogP contribution in [-0.4, -0.2) is 26.1 Å². The highest BCUT2D eigenvalue weighted by atomic mass is 35.5. The summed E-state index contributed by atoms with van der Waals surface area (Å²) in [6.45, 7) is 4.00. The number of carbonyl (C=O) groups is 1. The zero-order valence-corrected chi connectivity index (χ0v) is 15.7. The molecule has 1 aliphatic carbocycles. The van der Waals surface area contributed by atoms with Gasteiger partial charge in [0.1, 0.15) is 5.75 Å². The molecule has 0 saturated heterocycles. The van der Waals surface area contributed by atoms with Gasteiger partial charge in [0.15, 0.2) is 0 Å². The molecular weight excluding hydrogens is 350 g/mol. The fourth-order valence-corrected chi connectivity index (χ4v) is 4.05. The number of hydrogen-bond acceptors (Lipinski definition) is 4. The first-order valence-electron chi connectivity index (χ1n) is 7.91. The van der Waals surface area contributed by atoms with E-state index in [0.29, 0.717) is 17.3 Å². The third-order valence-electron chi connectivity index (χ3n) is 4.22. The minimum atomic E-state index is -3.63. The standard InChI is InChI=1S/C16H25N3O3S.ClH/c1-11-3-7-14(8-4-11)19-23(21,22)10-16(20)18-15-9-13(17)6-5-12(15)2;/h5-6,9,11,14,19H,3-4,7-8,10,17H2,1-2H3,(H,18,20);1H. The van der Waals surface area contributed by atoms with Crippen LogP contribution in [0.1, 0.15) is 38.2 Å². The van der Waals surface area contributed by atoms with Crippen LogP contribution in [0.5, 0.6) is 0 Å². The van der Waals surface area contributed by atoms with Gasteiger partial charge in [-0.2, -0.15) is 0 Å². The number of carbonyl (C=O) groups excluding carboxylic acids is 1. The minimum Gasteiger partial charge on any atom is -0.399 e. The van der Waals surface area contributed by atoms with E-state index in [9.17, 15) is 13.2 Å². The summed E-state index contributed by atoms with van der Waals surface area (Å²) in [5.74, 6) is -0.492. The van der Waals surface area contributed by atoms with E-state index in [1.165, 1.54) is 0 Å². The summed E-state index contributed by atoms with van der Waals surface area (Å²) in [6, 6.07) is 5.07. The van der Waals surface area contributed by atoms with E-state index >= 15 is 0 Å². The number of rotatable bonds is 5. The van der Waals surface area contributed by atoms with Crippen molar-refractivity contribution >= 4 is 39.7 Å². The summed E-state index contributed by atoms with van der Waals surface area (Å²) >= 11 is 0. The second kappa shape index (κ2) is 8.69. The molecule has 0 aromatic heterocycles. The molecule has 6 nitrogen and oxygen atoms in total. The van der Waals surface area contributed by atoms with E-state index in [-0.39, 0.29) is 18.4 Å². The molecule has 1 aliphatic rings. The molecular formula is C16H26ClN3O3S. The lowest BCUT2D eigenvalue weighted by Gasteiger charge is -2.26. The molecule has 4 N–H and O–H groups in total. The van der Waals surface area contributed by atoms with Crippen molar-refractivity contribution in [3.63, 3.8) is 0 Å². The number of anilines is 2. The lowest BCUT2D eigenvalue weighted by atomic mass is 9.88. The number of amides is 1. The van der Waals surface area contributed by atoms with Gasteiger partial charge >= 0.3 is 0 Å². The second-order valence-electron chi connectivity index (χ2n) is 6.46. The van der Waals surface area contributed by atoms with Gasteiger partial charge in [0.25, 0.3) is 0 Å². The number of nitrogen functional groups attached to an aromatic ring is 1. The first-order valence-corrected chi connectivity index (χ1v) is 9.56. The van der Waals surface area contributed by atoms with E-state index < -0.39 is 21.7 Å². The highest BCUT2D eigenvalue weighted by Gasteiger charge is 2.24. The Labute approximate surface area is 150 Å². The zero-order valence-electron chi connectivity index (χ0n) is 14.0. The smallest absolute Gasteiger partial charge is 0.241 e. The molecule has 0 heterocycles. The van der Waals surface area contributed by atoms with Crippen LogP contribution < -0.4 is 15.8 Å². The summed E-state index contributed by atoms with van der Waals surface area (Å²) in [7, 11) is -3.63. The van der Waals surface area contributed by atoms with Crippen LogP contribution in [-0.2, 0) is 14.8 Å². The Morgan fingerprint density at radius 2 is 1.88 bits per heavy atom. The van der Waals surface area contributed by atoms with Gasteiger partial charge < -0.3 is 11.1 Å². The van der Waals surface area contributed by atoms with Gasteiger partial charge in [0.05, 0.1) is 0 Å². The van der Waals surface area contributed by atoms with Crippen LogP contribution in [0.4, 0.5) is 11.4 Å². The predicted octanol–water partition coefficient (Wildman–Crippen LogP) is 2.44. The average Bonchev–Trinajstić information content (AvgIpc) is 2.44. The first-order chi connectivity index (χ1) is 10.7. The van der Waals surface area contributed by atoms with Gasteiger partial charge in [-0.05, 0) is 56.2 Å². The van der Waals surface area contributed by atoms with Crippen molar-refractivity contribution in [1.82, 2.24) is 4.72 Å². The monoisotopic (exact) mass is 375 g/mol. The maximum Gasteiger partial charge on any atom is 0.241 e. The van der Waals surface area contributed by atoms with Gasteiger partial charge in [-0.25, -0.2) is 13.1 Å². The van der Waals surface area contributed by atoms with Gasteiger partial charge in [-0.3, -0.25) is 4.79 Å². The fourth-order valence-electron chi connectivity index (χ4n) is 2.81. The van der Waals surface area contributed by atoms with Crippen molar-refractivity contribution < 1.29 is 13.2 Å². The number of nitrogens with one attached hydrogen (secondary N) is 2. The third-order valence-corrected chi connectivity index (χ3v) is 5.55. The zero-order chi connectivity index (χ0) is 17.0. The number of benzene rings is 1. The molecule has 1 aromatic carbocycles. The average molecular weight is 376 g/mol. The third kappa shape index (κ3) is 6.30. The number of nitrogens with two attached hydrogens (primary N) is 1.